The van der Waals surface area contributed by atoms with Gasteiger partial charge in [-0.25, -0.2) is 17.7 Å². The monoisotopic (exact) mass is 362 g/mol. The summed E-state index contributed by atoms with van der Waals surface area (Å²) in [6.45, 7) is 1.30. The molecule has 7 nitrogen and oxygen atoms in total. The Morgan fingerprint density at radius 1 is 1.24 bits per heavy atom. The largest absolute Gasteiger partial charge is 0.351 e. The van der Waals surface area contributed by atoms with Crippen molar-refractivity contribution in [3.05, 3.63) is 30.1 Å². The van der Waals surface area contributed by atoms with Crippen molar-refractivity contribution in [3.8, 4) is 0 Å². The standard InChI is InChI=1S/C17H22N4O3S/c22-17(18-7-10-25(23,24)20-8-1-2-9-20)13-3-6-16-15(11-13)19-12-21(16)14-4-5-14/h3,6,11-12,14H,1-2,4-5,7-10H2,(H,18,22). The van der Waals surface area contributed by atoms with Crippen LogP contribution >= 0.6 is 0 Å². The molecule has 0 atom stereocenters. The topological polar surface area (TPSA) is 84.3 Å². The van der Waals surface area contributed by atoms with E-state index in [0.29, 0.717) is 24.7 Å². The van der Waals surface area contributed by atoms with Crippen LogP contribution in [0.15, 0.2) is 24.5 Å². The van der Waals surface area contributed by atoms with Crippen molar-refractivity contribution in [2.75, 3.05) is 25.4 Å². The smallest absolute Gasteiger partial charge is 0.251 e. The first kappa shape index (κ1) is 16.5. The van der Waals surface area contributed by atoms with E-state index in [2.05, 4.69) is 14.9 Å². The van der Waals surface area contributed by atoms with Gasteiger partial charge >= 0.3 is 0 Å². The fourth-order valence-corrected chi connectivity index (χ4v) is 4.74. The van der Waals surface area contributed by atoms with Crippen LogP contribution in [-0.4, -0.2) is 53.6 Å². The molecule has 1 aromatic heterocycles. The van der Waals surface area contributed by atoms with Gasteiger partial charge in [0, 0.05) is 31.2 Å². The van der Waals surface area contributed by atoms with Gasteiger partial charge in [0.1, 0.15) is 0 Å². The molecule has 134 valence electrons. The highest BCUT2D eigenvalue weighted by Gasteiger charge is 2.26. The second-order valence-electron chi connectivity index (χ2n) is 6.76. The molecule has 4 rings (SSSR count). The van der Waals surface area contributed by atoms with Crippen molar-refractivity contribution in [2.24, 2.45) is 0 Å². The molecule has 0 unspecified atom stereocenters. The first-order valence-corrected chi connectivity index (χ1v) is 10.4. The number of sulfonamides is 1. The molecule has 0 spiro atoms. The summed E-state index contributed by atoms with van der Waals surface area (Å²) < 4.78 is 28.0. The van der Waals surface area contributed by atoms with Crippen molar-refractivity contribution >= 4 is 27.0 Å². The molecule has 1 aromatic carbocycles. The number of carbonyl (C=O) groups is 1. The van der Waals surface area contributed by atoms with Crippen LogP contribution in [0.25, 0.3) is 11.0 Å². The van der Waals surface area contributed by atoms with E-state index in [1.165, 1.54) is 17.1 Å². The minimum atomic E-state index is -3.27. The lowest BCUT2D eigenvalue weighted by Gasteiger charge is -2.15. The van der Waals surface area contributed by atoms with E-state index in [1.807, 2.05) is 12.4 Å². The lowest BCUT2D eigenvalue weighted by atomic mass is 10.2. The number of amides is 1. The van der Waals surface area contributed by atoms with Gasteiger partial charge in [-0.1, -0.05) is 0 Å². The Hall–Kier alpha value is -1.93. The third-order valence-corrected chi connectivity index (χ3v) is 6.75. The van der Waals surface area contributed by atoms with Gasteiger partial charge in [0.15, 0.2) is 0 Å². The van der Waals surface area contributed by atoms with Crippen LogP contribution in [0.2, 0.25) is 0 Å². The third kappa shape index (κ3) is 3.41. The number of fused-ring (bicyclic) bond motifs is 1. The summed E-state index contributed by atoms with van der Waals surface area (Å²) >= 11 is 0. The van der Waals surface area contributed by atoms with Gasteiger partial charge < -0.3 is 9.88 Å². The minimum Gasteiger partial charge on any atom is -0.351 e. The van der Waals surface area contributed by atoms with E-state index in [1.54, 1.807) is 12.1 Å². The maximum Gasteiger partial charge on any atom is 0.251 e. The van der Waals surface area contributed by atoms with Crippen LogP contribution in [-0.2, 0) is 10.0 Å². The number of imidazole rings is 1. The van der Waals surface area contributed by atoms with Crippen molar-refractivity contribution in [1.29, 1.82) is 0 Å². The molecule has 1 saturated heterocycles. The van der Waals surface area contributed by atoms with E-state index in [-0.39, 0.29) is 18.2 Å². The summed E-state index contributed by atoms with van der Waals surface area (Å²) in [5.74, 6) is -0.323. The molecule has 1 saturated carbocycles. The van der Waals surface area contributed by atoms with E-state index < -0.39 is 10.0 Å². The fourth-order valence-electron chi connectivity index (χ4n) is 3.31. The average Bonchev–Trinajstić information content (AvgIpc) is 3.12. The zero-order chi connectivity index (χ0) is 17.4. The van der Waals surface area contributed by atoms with Gasteiger partial charge in [-0.3, -0.25) is 4.79 Å². The van der Waals surface area contributed by atoms with Crippen LogP contribution < -0.4 is 5.32 Å². The maximum atomic E-state index is 12.3. The molecular weight excluding hydrogens is 340 g/mol. The van der Waals surface area contributed by atoms with Crippen molar-refractivity contribution in [3.63, 3.8) is 0 Å². The predicted molar refractivity (Wildman–Crippen MR) is 94.9 cm³/mol. The Labute approximate surface area is 147 Å². The summed E-state index contributed by atoms with van der Waals surface area (Å²) in [5.41, 5.74) is 2.34. The Morgan fingerprint density at radius 2 is 2.00 bits per heavy atom. The molecule has 0 bridgehead atoms. The van der Waals surface area contributed by atoms with Gasteiger partial charge in [0.25, 0.3) is 5.91 Å². The van der Waals surface area contributed by atoms with Crippen molar-refractivity contribution in [2.45, 2.75) is 31.7 Å². The zero-order valence-electron chi connectivity index (χ0n) is 14.0. The SMILES string of the molecule is O=C(NCCS(=O)(=O)N1CCCC1)c1ccc2c(c1)ncn2C1CC1. The highest BCUT2D eigenvalue weighted by Crippen LogP contribution is 2.37. The van der Waals surface area contributed by atoms with E-state index >= 15 is 0 Å². The van der Waals surface area contributed by atoms with Crippen LogP contribution in [0.4, 0.5) is 0 Å². The average molecular weight is 362 g/mol. The lowest BCUT2D eigenvalue weighted by Crippen LogP contribution is -2.36. The number of rotatable bonds is 6. The first-order valence-electron chi connectivity index (χ1n) is 8.77. The molecule has 2 heterocycles. The number of nitrogens with one attached hydrogen (secondary N) is 1. The zero-order valence-corrected chi connectivity index (χ0v) is 14.8. The second-order valence-corrected chi connectivity index (χ2v) is 8.85. The molecule has 2 aliphatic rings. The summed E-state index contributed by atoms with van der Waals surface area (Å²) in [7, 11) is -3.27. The highest BCUT2D eigenvalue weighted by atomic mass is 32.2. The summed E-state index contributed by atoms with van der Waals surface area (Å²) in [6, 6.07) is 5.99. The van der Waals surface area contributed by atoms with Crippen molar-refractivity contribution in [1.82, 2.24) is 19.2 Å². The number of aromatic nitrogens is 2. The summed E-state index contributed by atoms with van der Waals surface area (Å²) in [5, 5.41) is 2.71. The third-order valence-electron chi connectivity index (χ3n) is 4.88. The molecular formula is C17H22N4O3S. The minimum absolute atomic E-state index is 0.0582. The molecule has 1 N–H and O–H groups in total. The second kappa shape index (κ2) is 6.42. The van der Waals surface area contributed by atoms with Gasteiger partial charge in [-0.05, 0) is 43.9 Å². The van der Waals surface area contributed by atoms with Gasteiger partial charge in [0.2, 0.25) is 10.0 Å². The Bertz CT molecular complexity index is 896. The molecule has 25 heavy (non-hydrogen) atoms. The molecule has 1 aliphatic carbocycles. The molecule has 8 heteroatoms. The van der Waals surface area contributed by atoms with Crippen LogP contribution in [0.1, 0.15) is 42.1 Å². The van der Waals surface area contributed by atoms with E-state index in [9.17, 15) is 13.2 Å². The number of hydrogen-bond donors (Lipinski definition) is 1. The highest BCUT2D eigenvalue weighted by molar-refractivity contribution is 7.89. The fraction of sp³-hybridized carbons (Fsp3) is 0.529. The number of benzene rings is 1. The number of nitrogens with zero attached hydrogens (tertiary/aromatic N) is 3. The Morgan fingerprint density at radius 3 is 2.72 bits per heavy atom. The molecule has 1 amide bonds. The van der Waals surface area contributed by atoms with Crippen molar-refractivity contribution < 1.29 is 13.2 Å². The predicted octanol–water partition coefficient (Wildman–Crippen LogP) is 1.53. The molecule has 2 fully saturated rings. The first-order chi connectivity index (χ1) is 12.0. The Kier molecular flexibility index (Phi) is 4.24. The van der Waals surface area contributed by atoms with Crippen LogP contribution in [0.3, 0.4) is 0 Å². The van der Waals surface area contributed by atoms with Gasteiger partial charge in [0.05, 0.1) is 23.1 Å². The van der Waals surface area contributed by atoms with Crippen LogP contribution in [0, 0.1) is 0 Å². The van der Waals surface area contributed by atoms with E-state index in [0.717, 1.165) is 23.9 Å². The van der Waals surface area contributed by atoms with Gasteiger partial charge in [-0.2, -0.15) is 0 Å². The van der Waals surface area contributed by atoms with Gasteiger partial charge in [-0.15, -0.1) is 0 Å². The normalized spacial score (nSPS) is 18.7. The number of hydrogen-bond acceptors (Lipinski definition) is 4. The molecule has 0 radical (unpaired) electrons. The molecule has 2 aromatic rings. The molecule has 1 aliphatic heterocycles. The van der Waals surface area contributed by atoms with E-state index in [4.69, 9.17) is 0 Å². The quantitative estimate of drug-likeness (QED) is 0.844. The Balaban J connectivity index is 1.38. The van der Waals surface area contributed by atoms with Crippen LogP contribution in [0.5, 0.6) is 0 Å². The summed E-state index contributed by atoms with van der Waals surface area (Å²) in [6.07, 6.45) is 6.02. The lowest BCUT2D eigenvalue weighted by molar-refractivity contribution is 0.0956. The number of carbonyl (C=O) groups excluding carboxylic acids is 1. The summed E-state index contributed by atoms with van der Waals surface area (Å²) in [4.78, 5) is 16.7. The maximum absolute atomic E-state index is 12.3.